The summed E-state index contributed by atoms with van der Waals surface area (Å²) in [5, 5.41) is 12.9. The molecule has 0 bridgehead atoms. The van der Waals surface area contributed by atoms with Crippen LogP contribution in [0.2, 0.25) is 0 Å². The highest BCUT2D eigenvalue weighted by Crippen LogP contribution is 2.31. The Balaban J connectivity index is 1.93. The smallest absolute Gasteiger partial charge is 0.259 e. The first-order valence-corrected chi connectivity index (χ1v) is 7.62. The second kappa shape index (κ2) is 5.49. The van der Waals surface area contributed by atoms with E-state index in [-0.39, 0.29) is 0 Å². The van der Waals surface area contributed by atoms with Gasteiger partial charge in [-0.05, 0) is 56.2 Å². The molecule has 0 amide bonds. The quantitative estimate of drug-likeness (QED) is 0.561. The third kappa shape index (κ3) is 2.42. The molecule has 0 saturated carbocycles. The minimum absolute atomic E-state index is 0.422. The lowest BCUT2D eigenvalue weighted by Crippen LogP contribution is -1.93. The summed E-state index contributed by atoms with van der Waals surface area (Å²) in [5.41, 5.74) is 5.61. The van der Waals surface area contributed by atoms with Crippen molar-refractivity contribution >= 4 is 10.9 Å². The van der Waals surface area contributed by atoms with Gasteiger partial charge in [-0.1, -0.05) is 11.2 Å². The monoisotopic (exact) mass is 317 g/mol. The second-order valence-electron chi connectivity index (χ2n) is 5.82. The molecule has 118 valence electrons. The predicted octanol–water partition coefficient (Wildman–Crippen LogP) is 3.67. The Morgan fingerprint density at radius 2 is 1.88 bits per heavy atom. The summed E-state index contributed by atoms with van der Waals surface area (Å²) in [5.74, 6) is 0.878. The van der Waals surface area contributed by atoms with Crippen LogP contribution in [0.25, 0.3) is 33.9 Å². The maximum absolute atomic E-state index is 5.50. The Labute approximate surface area is 138 Å². The van der Waals surface area contributed by atoms with Crippen molar-refractivity contribution in [2.45, 2.75) is 20.8 Å². The summed E-state index contributed by atoms with van der Waals surface area (Å²) in [6, 6.07) is 9.75. The molecular formula is C18H15N5O. The third-order valence-corrected chi connectivity index (χ3v) is 3.84. The van der Waals surface area contributed by atoms with Crippen molar-refractivity contribution in [1.29, 1.82) is 0 Å². The summed E-state index contributed by atoms with van der Waals surface area (Å²) in [7, 11) is 0. The molecular weight excluding hydrogens is 302 g/mol. The first-order chi connectivity index (χ1) is 11.6. The molecule has 0 aliphatic rings. The fourth-order valence-corrected chi connectivity index (χ4v) is 2.91. The molecule has 6 nitrogen and oxygen atoms in total. The van der Waals surface area contributed by atoms with Crippen molar-refractivity contribution in [2.75, 3.05) is 0 Å². The summed E-state index contributed by atoms with van der Waals surface area (Å²) in [4.78, 5) is 9.13. The lowest BCUT2D eigenvalue weighted by molar-refractivity contribution is 0.432. The number of nitrogens with zero attached hydrogens (tertiary/aromatic N) is 5. The number of hydrogen-bond donors (Lipinski definition) is 0. The molecule has 3 aromatic heterocycles. The van der Waals surface area contributed by atoms with Gasteiger partial charge in [0.25, 0.3) is 5.89 Å². The number of rotatable bonds is 2. The maximum Gasteiger partial charge on any atom is 0.259 e. The second-order valence-corrected chi connectivity index (χ2v) is 5.82. The zero-order chi connectivity index (χ0) is 16.7. The molecule has 3 heterocycles. The van der Waals surface area contributed by atoms with Gasteiger partial charge in [-0.25, -0.2) is 0 Å². The number of aryl methyl sites for hydroxylation is 3. The van der Waals surface area contributed by atoms with Gasteiger partial charge in [-0.2, -0.15) is 10.1 Å². The van der Waals surface area contributed by atoms with Crippen LogP contribution < -0.4 is 0 Å². The zero-order valence-electron chi connectivity index (χ0n) is 13.6. The zero-order valence-corrected chi connectivity index (χ0v) is 13.6. The van der Waals surface area contributed by atoms with E-state index in [1.807, 2.05) is 13.0 Å². The highest BCUT2D eigenvalue weighted by Gasteiger charge is 2.17. The van der Waals surface area contributed by atoms with Crippen LogP contribution in [-0.2, 0) is 0 Å². The molecule has 0 atom stereocenters. The van der Waals surface area contributed by atoms with Crippen LogP contribution in [0.4, 0.5) is 0 Å². The van der Waals surface area contributed by atoms with Crippen LogP contribution in [0.5, 0.6) is 0 Å². The SMILES string of the molecule is Cc1cc(C)c2c(-c3nc(-c4cccnn4)no3)cc(C)nc2c1. The van der Waals surface area contributed by atoms with E-state index < -0.39 is 0 Å². The Morgan fingerprint density at radius 3 is 2.67 bits per heavy atom. The van der Waals surface area contributed by atoms with E-state index >= 15 is 0 Å². The molecule has 1 aromatic carbocycles. The van der Waals surface area contributed by atoms with Crippen molar-refractivity contribution in [2.24, 2.45) is 0 Å². The predicted molar refractivity (Wildman–Crippen MR) is 90.3 cm³/mol. The Kier molecular flexibility index (Phi) is 3.30. The summed E-state index contributed by atoms with van der Waals surface area (Å²) < 4.78 is 5.50. The number of pyridine rings is 1. The molecule has 0 N–H and O–H groups in total. The van der Waals surface area contributed by atoms with Gasteiger partial charge in [0.1, 0.15) is 5.69 Å². The fourth-order valence-electron chi connectivity index (χ4n) is 2.91. The average Bonchev–Trinajstić information content (AvgIpc) is 3.04. The largest absolute Gasteiger partial charge is 0.334 e. The third-order valence-electron chi connectivity index (χ3n) is 3.84. The molecule has 0 unspecified atom stereocenters. The Bertz CT molecular complexity index is 1030. The summed E-state index contributed by atoms with van der Waals surface area (Å²) in [6.45, 7) is 6.09. The Morgan fingerprint density at radius 1 is 1.00 bits per heavy atom. The van der Waals surface area contributed by atoms with Crippen LogP contribution in [0.15, 0.2) is 41.1 Å². The van der Waals surface area contributed by atoms with Gasteiger partial charge in [0.05, 0.1) is 11.1 Å². The molecule has 24 heavy (non-hydrogen) atoms. The van der Waals surface area contributed by atoms with Gasteiger partial charge in [0.15, 0.2) is 0 Å². The number of fused-ring (bicyclic) bond motifs is 1. The van der Waals surface area contributed by atoms with Crippen LogP contribution >= 0.6 is 0 Å². The highest BCUT2D eigenvalue weighted by atomic mass is 16.5. The van der Waals surface area contributed by atoms with Crippen molar-refractivity contribution in [3.05, 3.63) is 53.3 Å². The van der Waals surface area contributed by atoms with Crippen LogP contribution in [0.1, 0.15) is 16.8 Å². The van der Waals surface area contributed by atoms with Crippen molar-refractivity contribution in [3.8, 4) is 23.0 Å². The molecule has 0 saturated heterocycles. The van der Waals surface area contributed by atoms with Crippen LogP contribution in [0, 0.1) is 20.8 Å². The summed E-state index contributed by atoms with van der Waals surface area (Å²) >= 11 is 0. The van der Waals surface area contributed by atoms with Gasteiger partial charge in [-0.15, -0.1) is 5.10 Å². The van der Waals surface area contributed by atoms with E-state index in [4.69, 9.17) is 4.52 Å². The minimum Gasteiger partial charge on any atom is -0.334 e. The molecule has 0 aliphatic carbocycles. The van der Waals surface area contributed by atoms with E-state index in [0.29, 0.717) is 17.4 Å². The van der Waals surface area contributed by atoms with Gasteiger partial charge < -0.3 is 4.52 Å². The molecule has 4 rings (SSSR count). The highest BCUT2D eigenvalue weighted by molar-refractivity contribution is 5.95. The normalized spacial score (nSPS) is 11.1. The fraction of sp³-hybridized carbons (Fsp3) is 0.167. The van der Waals surface area contributed by atoms with Gasteiger partial charge in [-0.3, -0.25) is 4.98 Å². The topological polar surface area (TPSA) is 77.6 Å². The first-order valence-electron chi connectivity index (χ1n) is 7.62. The van der Waals surface area contributed by atoms with Crippen molar-refractivity contribution < 1.29 is 4.52 Å². The first kappa shape index (κ1) is 14.4. The number of hydrogen-bond acceptors (Lipinski definition) is 6. The van der Waals surface area contributed by atoms with Gasteiger partial charge in [0.2, 0.25) is 5.82 Å². The maximum atomic E-state index is 5.50. The molecule has 0 aliphatic heterocycles. The summed E-state index contributed by atoms with van der Waals surface area (Å²) in [6.07, 6.45) is 1.61. The molecule has 0 radical (unpaired) electrons. The van der Waals surface area contributed by atoms with E-state index in [9.17, 15) is 0 Å². The number of benzene rings is 1. The van der Waals surface area contributed by atoms with Crippen molar-refractivity contribution in [1.82, 2.24) is 25.3 Å². The molecule has 6 heteroatoms. The van der Waals surface area contributed by atoms with E-state index in [0.717, 1.165) is 27.7 Å². The van der Waals surface area contributed by atoms with Crippen LogP contribution in [0.3, 0.4) is 0 Å². The van der Waals surface area contributed by atoms with E-state index in [2.05, 4.69) is 51.3 Å². The standard InChI is InChI=1S/C18H15N5O/c1-10-7-11(2)16-13(9-12(3)20-15(16)8-10)18-21-17(23-24-18)14-5-4-6-19-22-14/h4-9H,1-3H3. The molecule has 0 spiro atoms. The van der Waals surface area contributed by atoms with Crippen molar-refractivity contribution in [3.63, 3.8) is 0 Å². The average molecular weight is 317 g/mol. The van der Waals surface area contributed by atoms with Gasteiger partial charge >= 0.3 is 0 Å². The lowest BCUT2D eigenvalue weighted by Gasteiger charge is -2.08. The van der Waals surface area contributed by atoms with Crippen LogP contribution in [-0.4, -0.2) is 25.3 Å². The van der Waals surface area contributed by atoms with Gasteiger partial charge in [0, 0.05) is 17.3 Å². The minimum atomic E-state index is 0.422. The molecule has 4 aromatic rings. The van der Waals surface area contributed by atoms with E-state index in [1.54, 1.807) is 18.3 Å². The molecule has 0 fully saturated rings. The lowest BCUT2D eigenvalue weighted by atomic mass is 10.0. The van der Waals surface area contributed by atoms with E-state index in [1.165, 1.54) is 5.56 Å². The Hall–Kier alpha value is -3.15. The number of aromatic nitrogens is 5.